The van der Waals surface area contributed by atoms with E-state index < -0.39 is 0 Å². The number of nitrogens with zero attached hydrogens (tertiary/aromatic N) is 2. The minimum Gasteiger partial charge on any atom is -0.492 e. The maximum absolute atomic E-state index is 5.95. The van der Waals surface area contributed by atoms with E-state index in [1.54, 1.807) is 0 Å². The van der Waals surface area contributed by atoms with Crippen LogP contribution in [0.1, 0.15) is 13.8 Å². The summed E-state index contributed by atoms with van der Waals surface area (Å²) >= 11 is 5.95. The van der Waals surface area contributed by atoms with Crippen LogP contribution in [0.25, 0.3) is 0 Å². The Kier molecular flexibility index (Phi) is 12.0. The Morgan fingerprint density at radius 2 is 2.12 bits per heavy atom. The van der Waals surface area contributed by atoms with Crippen molar-refractivity contribution in [1.29, 1.82) is 0 Å². The quantitative estimate of drug-likeness (QED) is 0.251. The summed E-state index contributed by atoms with van der Waals surface area (Å²) in [7, 11) is 0. The second-order valence-electron chi connectivity index (χ2n) is 5.95. The lowest BCUT2D eigenvalue weighted by atomic mass is 10.2. The van der Waals surface area contributed by atoms with E-state index >= 15 is 0 Å². The van der Waals surface area contributed by atoms with Gasteiger partial charge in [-0.05, 0) is 32.0 Å². The molecule has 0 aliphatic carbocycles. The molecule has 6 nitrogen and oxygen atoms in total. The summed E-state index contributed by atoms with van der Waals surface area (Å²) in [6.45, 7) is 10.7. The molecule has 148 valence electrons. The maximum atomic E-state index is 5.95. The average Bonchev–Trinajstić information content (AvgIpc) is 2.63. The maximum Gasteiger partial charge on any atom is 0.191 e. The second-order valence-corrected chi connectivity index (χ2v) is 6.39. The number of aliphatic imine (C=N–C) groups is 1. The highest BCUT2D eigenvalue weighted by Crippen LogP contribution is 2.16. The van der Waals surface area contributed by atoms with Gasteiger partial charge in [0.2, 0.25) is 0 Å². The molecular weight excluding hydrogens is 467 g/mol. The highest BCUT2D eigenvalue weighted by Gasteiger charge is 2.16. The topological polar surface area (TPSA) is 58.1 Å². The first-order valence-corrected chi connectivity index (χ1v) is 9.29. The van der Waals surface area contributed by atoms with E-state index in [0.29, 0.717) is 24.2 Å². The number of nitrogens with one attached hydrogen (secondary N) is 2. The molecule has 1 aromatic carbocycles. The van der Waals surface area contributed by atoms with E-state index in [4.69, 9.17) is 21.1 Å². The van der Waals surface area contributed by atoms with Crippen LogP contribution >= 0.6 is 35.6 Å². The smallest absolute Gasteiger partial charge is 0.191 e. The third-order valence-electron chi connectivity index (χ3n) is 3.99. The predicted octanol–water partition coefficient (Wildman–Crippen LogP) is 2.61. The van der Waals surface area contributed by atoms with E-state index in [1.807, 2.05) is 24.3 Å². The first-order chi connectivity index (χ1) is 12.2. The van der Waals surface area contributed by atoms with Crippen molar-refractivity contribution >= 4 is 41.5 Å². The summed E-state index contributed by atoms with van der Waals surface area (Å²) in [6.07, 6.45) is 0. The van der Waals surface area contributed by atoms with Crippen LogP contribution in [0.4, 0.5) is 0 Å². The fourth-order valence-corrected chi connectivity index (χ4v) is 2.77. The fourth-order valence-electron chi connectivity index (χ4n) is 2.59. The highest BCUT2D eigenvalue weighted by molar-refractivity contribution is 14.0. The third kappa shape index (κ3) is 8.75. The highest BCUT2D eigenvalue weighted by atomic mass is 127. The Morgan fingerprint density at radius 1 is 1.35 bits per heavy atom. The van der Waals surface area contributed by atoms with E-state index in [-0.39, 0.29) is 24.0 Å². The van der Waals surface area contributed by atoms with Gasteiger partial charge in [-0.15, -0.1) is 24.0 Å². The van der Waals surface area contributed by atoms with Gasteiger partial charge in [0.1, 0.15) is 12.4 Å². The van der Waals surface area contributed by atoms with Crippen LogP contribution < -0.4 is 15.4 Å². The van der Waals surface area contributed by atoms with Crippen molar-refractivity contribution in [1.82, 2.24) is 15.5 Å². The lowest BCUT2D eigenvalue weighted by molar-refractivity contribution is 0.0220. The van der Waals surface area contributed by atoms with Crippen molar-refractivity contribution in [2.24, 2.45) is 4.99 Å². The summed E-state index contributed by atoms with van der Waals surface area (Å²) in [6, 6.07) is 7.82. The minimum absolute atomic E-state index is 0. The van der Waals surface area contributed by atoms with E-state index in [1.165, 1.54) is 0 Å². The third-order valence-corrected chi connectivity index (χ3v) is 4.22. The number of hydrogen-bond acceptors (Lipinski definition) is 4. The molecule has 1 atom stereocenters. The van der Waals surface area contributed by atoms with Crippen molar-refractivity contribution in [3.05, 3.63) is 29.3 Å². The Morgan fingerprint density at radius 3 is 2.81 bits per heavy atom. The van der Waals surface area contributed by atoms with E-state index in [9.17, 15) is 0 Å². The first-order valence-electron chi connectivity index (χ1n) is 8.91. The molecule has 0 saturated carbocycles. The molecule has 26 heavy (non-hydrogen) atoms. The molecule has 1 heterocycles. The van der Waals surface area contributed by atoms with Gasteiger partial charge in [0, 0.05) is 30.7 Å². The van der Waals surface area contributed by atoms with Gasteiger partial charge < -0.3 is 20.1 Å². The monoisotopic (exact) mass is 496 g/mol. The standard InChI is InChI=1S/C18H29ClN4O2.HI/c1-3-20-18(22-14-15(2)23-8-11-24-12-9-23)21-7-10-25-17-6-4-5-16(19)13-17;/h4-6,13,15H,3,7-12,14H2,1-2H3,(H2,20,21,22);1H. The van der Waals surface area contributed by atoms with Crippen molar-refractivity contribution < 1.29 is 9.47 Å². The van der Waals surface area contributed by atoms with Gasteiger partial charge in [-0.2, -0.15) is 0 Å². The van der Waals surface area contributed by atoms with Gasteiger partial charge in [0.05, 0.1) is 26.3 Å². The van der Waals surface area contributed by atoms with Gasteiger partial charge in [-0.25, -0.2) is 0 Å². The lowest BCUT2D eigenvalue weighted by Crippen LogP contribution is -2.44. The van der Waals surface area contributed by atoms with Crippen molar-refractivity contribution in [2.75, 3.05) is 52.5 Å². The number of guanidine groups is 1. The van der Waals surface area contributed by atoms with E-state index in [0.717, 1.165) is 51.1 Å². The van der Waals surface area contributed by atoms with Crippen LogP contribution in [0.5, 0.6) is 5.75 Å². The van der Waals surface area contributed by atoms with Gasteiger partial charge in [-0.3, -0.25) is 9.89 Å². The van der Waals surface area contributed by atoms with Gasteiger partial charge >= 0.3 is 0 Å². The zero-order valence-electron chi connectivity index (χ0n) is 15.5. The number of halogens is 2. The molecule has 1 aliphatic heterocycles. The van der Waals surface area contributed by atoms with Crippen LogP contribution in [-0.4, -0.2) is 69.4 Å². The number of hydrogen-bond donors (Lipinski definition) is 2. The molecule has 0 spiro atoms. The van der Waals surface area contributed by atoms with Crippen molar-refractivity contribution in [3.63, 3.8) is 0 Å². The molecule has 8 heteroatoms. The molecule has 1 unspecified atom stereocenters. The number of morpholine rings is 1. The Bertz CT molecular complexity index is 542. The molecule has 0 bridgehead atoms. The van der Waals surface area contributed by atoms with Gasteiger partial charge in [0.15, 0.2) is 5.96 Å². The van der Waals surface area contributed by atoms with Crippen LogP contribution in [-0.2, 0) is 4.74 Å². The zero-order valence-corrected chi connectivity index (χ0v) is 18.6. The minimum atomic E-state index is 0. The molecular formula is C18H30ClIN4O2. The second kappa shape index (κ2) is 13.4. The molecule has 0 amide bonds. The Balaban J connectivity index is 0.00000338. The molecule has 1 saturated heterocycles. The Hall–Kier alpha value is -0.770. The molecule has 1 aromatic rings. The van der Waals surface area contributed by atoms with Crippen molar-refractivity contribution in [2.45, 2.75) is 19.9 Å². The van der Waals surface area contributed by atoms with Crippen LogP contribution in [0, 0.1) is 0 Å². The number of rotatable bonds is 8. The molecule has 2 rings (SSSR count). The van der Waals surface area contributed by atoms with Crippen LogP contribution in [0.3, 0.4) is 0 Å². The van der Waals surface area contributed by atoms with Crippen LogP contribution in [0.2, 0.25) is 5.02 Å². The zero-order chi connectivity index (χ0) is 17.9. The fraction of sp³-hybridized carbons (Fsp3) is 0.611. The number of benzene rings is 1. The lowest BCUT2D eigenvalue weighted by Gasteiger charge is -2.31. The summed E-state index contributed by atoms with van der Waals surface area (Å²) in [5.41, 5.74) is 0. The average molecular weight is 497 g/mol. The van der Waals surface area contributed by atoms with Gasteiger partial charge in [0.25, 0.3) is 0 Å². The summed E-state index contributed by atoms with van der Waals surface area (Å²) in [5.74, 6) is 1.59. The number of ether oxygens (including phenoxy) is 2. The molecule has 0 aromatic heterocycles. The summed E-state index contributed by atoms with van der Waals surface area (Å²) in [4.78, 5) is 7.10. The Labute approximate surface area is 178 Å². The van der Waals surface area contributed by atoms with Gasteiger partial charge in [-0.1, -0.05) is 17.7 Å². The summed E-state index contributed by atoms with van der Waals surface area (Å²) < 4.78 is 11.1. The van der Waals surface area contributed by atoms with Crippen LogP contribution in [0.15, 0.2) is 29.3 Å². The SMILES string of the molecule is CCNC(=NCC(C)N1CCOCC1)NCCOc1cccc(Cl)c1.I. The molecule has 1 fully saturated rings. The van der Waals surface area contributed by atoms with Crippen molar-refractivity contribution in [3.8, 4) is 5.75 Å². The predicted molar refractivity (Wildman–Crippen MR) is 118 cm³/mol. The molecule has 0 radical (unpaired) electrons. The summed E-state index contributed by atoms with van der Waals surface area (Å²) in [5, 5.41) is 7.25. The normalized spacial score (nSPS) is 16.5. The van der Waals surface area contributed by atoms with E-state index in [2.05, 4.69) is 34.4 Å². The first kappa shape index (κ1) is 23.3. The molecule has 1 aliphatic rings. The molecule has 2 N–H and O–H groups in total. The largest absolute Gasteiger partial charge is 0.492 e.